The highest BCUT2D eigenvalue weighted by Crippen LogP contribution is 2.18. The van der Waals surface area contributed by atoms with Crippen LogP contribution in [0, 0.1) is 13.8 Å². The number of ether oxygens (including phenoxy) is 1. The van der Waals surface area contributed by atoms with Gasteiger partial charge in [-0.1, -0.05) is 26.0 Å². The molecule has 0 unspecified atom stereocenters. The average molecular weight is 273 g/mol. The molecular formula is C17H23NO2. The summed E-state index contributed by atoms with van der Waals surface area (Å²) in [5.41, 5.74) is 2.36. The van der Waals surface area contributed by atoms with Crippen LogP contribution in [0.2, 0.25) is 0 Å². The van der Waals surface area contributed by atoms with Crippen molar-refractivity contribution in [1.82, 2.24) is 5.32 Å². The Balaban J connectivity index is 1.95. The third-order valence-corrected chi connectivity index (χ3v) is 3.11. The first-order chi connectivity index (χ1) is 9.54. The minimum Gasteiger partial charge on any atom is -0.486 e. The Morgan fingerprint density at radius 1 is 1.20 bits per heavy atom. The molecule has 1 N–H and O–H groups in total. The molecule has 20 heavy (non-hydrogen) atoms. The van der Waals surface area contributed by atoms with Crippen LogP contribution < -0.4 is 10.1 Å². The third kappa shape index (κ3) is 4.14. The van der Waals surface area contributed by atoms with Crippen molar-refractivity contribution in [3.63, 3.8) is 0 Å². The van der Waals surface area contributed by atoms with Crippen molar-refractivity contribution in [2.45, 2.75) is 46.9 Å². The molecule has 1 heterocycles. The maximum Gasteiger partial charge on any atom is 0.146 e. The highest BCUT2D eigenvalue weighted by atomic mass is 16.5. The van der Waals surface area contributed by atoms with E-state index < -0.39 is 0 Å². The van der Waals surface area contributed by atoms with Gasteiger partial charge in [0.05, 0.1) is 6.54 Å². The Morgan fingerprint density at radius 2 is 2.00 bits per heavy atom. The van der Waals surface area contributed by atoms with E-state index >= 15 is 0 Å². The standard InChI is InChI=1S/C17H23NO2/c1-12(2)18-10-17-14(4)9-16(20-17)11-19-15-7-5-6-13(3)8-15/h5-9,12,18H,10-11H2,1-4H3. The number of hydrogen-bond donors (Lipinski definition) is 1. The van der Waals surface area contributed by atoms with Gasteiger partial charge in [-0.25, -0.2) is 0 Å². The number of hydrogen-bond acceptors (Lipinski definition) is 3. The molecular weight excluding hydrogens is 250 g/mol. The van der Waals surface area contributed by atoms with Crippen molar-refractivity contribution in [3.05, 3.63) is 53.0 Å². The fraction of sp³-hybridized carbons (Fsp3) is 0.412. The molecule has 0 saturated carbocycles. The van der Waals surface area contributed by atoms with Crippen molar-refractivity contribution in [2.24, 2.45) is 0 Å². The highest BCUT2D eigenvalue weighted by Gasteiger charge is 2.08. The third-order valence-electron chi connectivity index (χ3n) is 3.11. The van der Waals surface area contributed by atoms with E-state index in [4.69, 9.17) is 9.15 Å². The van der Waals surface area contributed by atoms with E-state index in [-0.39, 0.29) is 0 Å². The average Bonchev–Trinajstić information content (AvgIpc) is 2.75. The number of aryl methyl sites for hydroxylation is 2. The summed E-state index contributed by atoms with van der Waals surface area (Å²) in [4.78, 5) is 0. The van der Waals surface area contributed by atoms with Gasteiger partial charge in [0.2, 0.25) is 0 Å². The number of nitrogens with one attached hydrogen (secondary N) is 1. The van der Waals surface area contributed by atoms with Gasteiger partial charge in [0.15, 0.2) is 0 Å². The number of benzene rings is 1. The molecule has 108 valence electrons. The zero-order valence-electron chi connectivity index (χ0n) is 12.7. The van der Waals surface area contributed by atoms with Crippen LogP contribution in [0.1, 0.15) is 36.5 Å². The smallest absolute Gasteiger partial charge is 0.146 e. The van der Waals surface area contributed by atoms with E-state index in [1.807, 2.05) is 24.3 Å². The van der Waals surface area contributed by atoms with Crippen molar-refractivity contribution in [2.75, 3.05) is 0 Å². The maximum atomic E-state index is 5.83. The van der Waals surface area contributed by atoms with Crippen molar-refractivity contribution >= 4 is 0 Å². The largest absolute Gasteiger partial charge is 0.486 e. The lowest BCUT2D eigenvalue weighted by atomic mass is 10.2. The van der Waals surface area contributed by atoms with Gasteiger partial charge in [0, 0.05) is 6.04 Å². The van der Waals surface area contributed by atoms with Crippen LogP contribution >= 0.6 is 0 Å². The Kier molecular flexibility index (Phi) is 4.85. The van der Waals surface area contributed by atoms with Gasteiger partial charge in [-0.05, 0) is 43.2 Å². The van der Waals surface area contributed by atoms with Crippen LogP contribution in [-0.2, 0) is 13.2 Å². The van der Waals surface area contributed by atoms with Crippen molar-refractivity contribution in [1.29, 1.82) is 0 Å². The molecule has 0 aliphatic heterocycles. The fourth-order valence-corrected chi connectivity index (χ4v) is 1.99. The van der Waals surface area contributed by atoms with E-state index in [1.54, 1.807) is 0 Å². The van der Waals surface area contributed by atoms with Crippen LogP contribution in [0.25, 0.3) is 0 Å². The van der Waals surface area contributed by atoms with E-state index in [9.17, 15) is 0 Å². The minimum atomic E-state index is 0.450. The van der Waals surface area contributed by atoms with Gasteiger partial charge in [-0.2, -0.15) is 0 Å². The van der Waals surface area contributed by atoms with Crippen LogP contribution in [0.4, 0.5) is 0 Å². The van der Waals surface area contributed by atoms with Gasteiger partial charge in [-0.3, -0.25) is 0 Å². The quantitative estimate of drug-likeness (QED) is 0.864. The van der Waals surface area contributed by atoms with Gasteiger partial charge >= 0.3 is 0 Å². The lowest BCUT2D eigenvalue weighted by molar-refractivity contribution is 0.264. The molecule has 2 aromatic rings. The van der Waals surface area contributed by atoms with Crippen LogP contribution in [0.5, 0.6) is 5.75 Å². The summed E-state index contributed by atoms with van der Waals surface area (Å²) in [5, 5.41) is 3.36. The normalized spacial score (nSPS) is 11.1. The number of furan rings is 1. The summed E-state index contributed by atoms with van der Waals surface area (Å²) < 4.78 is 11.6. The molecule has 0 spiro atoms. The molecule has 1 aromatic carbocycles. The zero-order chi connectivity index (χ0) is 14.5. The molecule has 1 aromatic heterocycles. The second kappa shape index (κ2) is 6.62. The molecule has 0 amide bonds. The second-order valence-corrected chi connectivity index (χ2v) is 5.46. The number of rotatable bonds is 6. The van der Waals surface area contributed by atoms with Crippen molar-refractivity contribution < 1.29 is 9.15 Å². The summed E-state index contributed by atoms with van der Waals surface area (Å²) in [7, 11) is 0. The topological polar surface area (TPSA) is 34.4 Å². The van der Waals surface area contributed by atoms with E-state index in [0.29, 0.717) is 12.6 Å². The molecule has 0 aliphatic rings. The fourth-order valence-electron chi connectivity index (χ4n) is 1.99. The molecule has 0 radical (unpaired) electrons. The molecule has 0 aliphatic carbocycles. The van der Waals surface area contributed by atoms with Gasteiger partial charge in [0.1, 0.15) is 23.9 Å². The SMILES string of the molecule is Cc1cccc(OCc2cc(C)c(CNC(C)C)o2)c1. The molecule has 0 saturated heterocycles. The Labute approximate surface area is 121 Å². The van der Waals surface area contributed by atoms with Crippen LogP contribution in [0.15, 0.2) is 34.7 Å². The van der Waals surface area contributed by atoms with Crippen LogP contribution in [0.3, 0.4) is 0 Å². The summed E-state index contributed by atoms with van der Waals surface area (Å²) in [6.07, 6.45) is 0. The van der Waals surface area contributed by atoms with E-state index in [0.717, 1.165) is 23.8 Å². The van der Waals surface area contributed by atoms with Gasteiger partial charge in [-0.15, -0.1) is 0 Å². The first kappa shape index (κ1) is 14.7. The monoisotopic (exact) mass is 273 g/mol. The lowest BCUT2D eigenvalue weighted by Gasteiger charge is -2.06. The molecule has 2 rings (SSSR count). The highest BCUT2D eigenvalue weighted by molar-refractivity contribution is 5.28. The van der Waals surface area contributed by atoms with E-state index in [2.05, 4.69) is 39.1 Å². The predicted octanol–water partition coefficient (Wildman–Crippen LogP) is 3.97. The predicted molar refractivity (Wildman–Crippen MR) is 80.9 cm³/mol. The minimum absolute atomic E-state index is 0.450. The van der Waals surface area contributed by atoms with Gasteiger partial charge in [0.25, 0.3) is 0 Å². The Bertz CT molecular complexity index is 558. The summed E-state index contributed by atoms with van der Waals surface area (Å²) in [6, 6.07) is 10.5. The Morgan fingerprint density at radius 3 is 2.70 bits per heavy atom. The lowest BCUT2D eigenvalue weighted by Crippen LogP contribution is -2.21. The summed E-state index contributed by atoms with van der Waals surface area (Å²) >= 11 is 0. The Hall–Kier alpha value is -1.74. The molecule has 0 fully saturated rings. The maximum absolute atomic E-state index is 5.83. The first-order valence-electron chi connectivity index (χ1n) is 7.05. The van der Waals surface area contributed by atoms with E-state index in [1.165, 1.54) is 11.1 Å². The van der Waals surface area contributed by atoms with Gasteiger partial charge < -0.3 is 14.5 Å². The van der Waals surface area contributed by atoms with Crippen molar-refractivity contribution in [3.8, 4) is 5.75 Å². The molecule has 0 bridgehead atoms. The summed E-state index contributed by atoms with van der Waals surface area (Å²) in [5.74, 6) is 2.73. The first-order valence-corrected chi connectivity index (χ1v) is 7.05. The molecule has 3 heteroatoms. The van der Waals surface area contributed by atoms with Crippen LogP contribution in [-0.4, -0.2) is 6.04 Å². The second-order valence-electron chi connectivity index (χ2n) is 5.46. The molecule has 0 atom stereocenters. The summed E-state index contributed by atoms with van der Waals surface area (Å²) in [6.45, 7) is 9.59. The zero-order valence-corrected chi connectivity index (χ0v) is 12.7. The molecule has 3 nitrogen and oxygen atoms in total.